The summed E-state index contributed by atoms with van der Waals surface area (Å²) in [5, 5.41) is 11.7. The quantitative estimate of drug-likeness (QED) is 0.336. The van der Waals surface area contributed by atoms with Gasteiger partial charge in [0.15, 0.2) is 0 Å². The molecule has 24 heavy (non-hydrogen) atoms. The molecule has 3 rings (SSSR count). The van der Waals surface area contributed by atoms with Gasteiger partial charge in [0.25, 0.3) is 4.77 Å². The first kappa shape index (κ1) is 16.5. The van der Waals surface area contributed by atoms with Crippen molar-refractivity contribution in [1.82, 2.24) is 10.1 Å². The SMILES string of the molecule is S=c1[nH]c(NCC[N-]c2ccc(Cl)cc2)[n+](Cc2ccccc2)[nH]1. The Morgan fingerprint density at radius 1 is 1.08 bits per heavy atom. The van der Waals surface area contributed by atoms with E-state index in [0.29, 0.717) is 29.4 Å². The fourth-order valence-electron chi connectivity index (χ4n) is 2.31. The Balaban J connectivity index is 1.55. The van der Waals surface area contributed by atoms with Crippen LogP contribution in [0.2, 0.25) is 5.02 Å². The van der Waals surface area contributed by atoms with E-state index in [9.17, 15) is 0 Å². The molecule has 1 aromatic heterocycles. The average molecular weight is 360 g/mol. The maximum absolute atomic E-state index is 5.87. The molecule has 0 aliphatic carbocycles. The maximum atomic E-state index is 5.87. The molecule has 7 heteroatoms. The van der Waals surface area contributed by atoms with Crippen molar-refractivity contribution in [2.75, 3.05) is 18.4 Å². The Morgan fingerprint density at radius 2 is 1.83 bits per heavy atom. The van der Waals surface area contributed by atoms with Crippen molar-refractivity contribution in [3.8, 4) is 0 Å². The number of anilines is 1. The van der Waals surface area contributed by atoms with Gasteiger partial charge in [-0.3, -0.25) is 5.32 Å². The molecule has 0 fully saturated rings. The number of nitrogens with one attached hydrogen (secondary N) is 3. The first-order valence-electron chi connectivity index (χ1n) is 7.64. The smallest absolute Gasteiger partial charge is 0.375 e. The van der Waals surface area contributed by atoms with E-state index in [0.717, 1.165) is 11.6 Å². The van der Waals surface area contributed by atoms with Crippen LogP contribution in [0.4, 0.5) is 11.6 Å². The van der Waals surface area contributed by atoms with E-state index in [4.69, 9.17) is 23.8 Å². The molecule has 3 N–H and O–H groups in total. The van der Waals surface area contributed by atoms with Gasteiger partial charge in [-0.1, -0.05) is 60.6 Å². The van der Waals surface area contributed by atoms with Gasteiger partial charge >= 0.3 is 5.95 Å². The van der Waals surface area contributed by atoms with Crippen LogP contribution in [0.25, 0.3) is 5.32 Å². The monoisotopic (exact) mass is 359 g/mol. The van der Waals surface area contributed by atoms with Crippen LogP contribution in [0.3, 0.4) is 0 Å². The number of aromatic amines is 2. The largest absolute Gasteiger partial charge is 0.682 e. The lowest BCUT2D eigenvalue weighted by Gasteiger charge is -2.19. The summed E-state index contributed by atoms with van der Waals surface area (Å²) < 4.78 is 2.54. The molecule has 0 aliphatic heterocycles. The summed E-state index contributed by atoms with van der Waals surface area (Å²) in [6.07, 6.45) is 0. The molecule has 1 heterocycles. The fourth-order valence-corrected chi connectivity index (χ4v) is 2.64. The molecule has 0 spiro atoms. The molecule has 0 unspecified atom stereocenters. The number of benzene rings is 2. The number of hydrogen-bond acceptors (Lipinski definition) is 2. The molecule has 0 atom stereocenters. The van der Waals surface area contributed by atoms with Crippen molar-refractivity contribution in [2.24, 2.45) is 0 Å². The standard InChI is InChI=1S/C17H17ClN5S/c18-14-6-8-15(9-7-14)19-10-11-20-16-21-17(24)22-23(16)12-13-4-2-1-3-5-13/h1-9H,10-12H2,(H2,20,21,22,24)/q-1/p+1. The lowest BCUT2D eigenvalue weighted by molar-refractivity contribution is -0.730. The van der Waals surface area contributed by atoms with E-state index in [1.807, 2.05) is 47.1 Å². The molecule has 2 aromatic carbocycles. The fraction of sp³-hybridized carbons (Fsp3) is 0.176. The summed E-state index contributed by atoms with van der Waals surface area (Å²) in [5.41, 5.74) is 2.11. The first-order valence-corrected chi connectivity index (χ1v) is 8.42. The van der Waals surface area contributed by atoms with E-state index < -0.39 is 0 Å². The van der Waals surface area contributed by atoms with E-state index in [-0.39, 0.29) is 0 Å². The molecular weight excluding hydrogens is 342 g/mol. The third-order valence-electron chi connectivity index (χ3n) is 3.45. The van der Waals surface area contributed by atoms with Crippen LogP contribution in [0.5, 0.6) is 0 Å². The highest BCUT2D eigenvalue weighted by molar-refractivity contribution is 7.71. The van der Waals surface area contributed by atoms with Crippen molar-refractivity contribution < 1.29 is 4.68 Å². The zero-order valence-electron chi connectivity index (χ0n) is 13.0. The second-order valence-corrected chi connectivity index (χ2v) is 6.12. The molecule has 0 aliphatic rings. The van der Waals surface area contributed by atoms with Gasteiger partial charge in [0.05, 0.1) is 0 Å². The first-order chi connectivity index (χ1) is 11.7. The minimum atomic E-state index is 0.586. The number of aromatic nitrogens is 3. The van der Waals surface area contributed by atoms with E-state index >= 15 is 0 Å². The number of hydrogen-bond donors (Lipinski definition) is 3. The second kappa shape index (κ2) is 7.99. The van der Waals surface area contributed by atoms with Crippen molar-refractivity contribution in [3.05, 3.63) is 75.3 Å². The number of H-pyrrole nitrogens is 2. The minimum Gasteiger partial charge on any atom is -0.682 e. The average Bonchev–Trinajstić information content (AvgIpc) is 2.93. The molecule has 0 bridgehead atoms. The van der Waals surface area contributed by atoms with Crippen molar-refractivity contribution >= 4 is 35.5 Å². The Kier molecular flexibility index (Phi) is 5.51. The highest BCUT2D eigenvalue weighted by Crippen LogP contribution is 2.19. The third kappa shape index (κ3) is 4.59. The van der Waals surface area contributed by atoms with Gasteiger partial charge in [0, 0.05) is 11.6 Å². The predicted molar refractivity (Wildman–Crippen MR) is 99.5 cm³/mol. The van der Waals surface area contributed by atoms with Crippen LogP contribution >= 0.6 is 23.8 Å². The summed E-state index contributed by atoms with van der Waals surface area (Å²) >= 11 is 11.1. The zero-order chi connectivity index (χ0) is 16.8. The van der Waals surface area contributed by atoms with E-state index in [1.165, 1.54) is 5.56 Å². The number of rotatable bonds is 7. The van der Waals surface area contributed by atoms with Crippen LogP contribution in [-0.2, 0) is 6.54 Å². The van der Waals surface area contributed by atoms with Crippen molar-refractivity contribution in [1.29, 1.82) is 0 Å². The van der Waals surface area contributed by atoms with Gasteiger partial charge in [-0.25, -0.2) is 10.1 Å². The maximum Gasteiger partial charge on any atom is 0.375 e. The van der Waals surface area contributed by atoms with Gasteiger partial charge in [-0.05, 0) is 29.9 Å². The van der Waals surface area contributed by atoms with Crippen molar-refractivity contribution in [3.63, 3.8) is 0 Å². The molecule has 0 saturated heterocycles. The molecule has 0 saturated carbocycles. The Labute approximate surface area is 150 Å². The van der Waals surface area contributed by atoms with Crippen LogP contribution < -0.4 is 10.00 Å². The number of halogens is 1. The topological polar surface area (TPSA) is 61.6 Å². The molecular formula is C17H18ClN5S. The third-order valence-corrected chi connectivity index (χ3v) is 3.89. The molecule has 0 amide bonds. The van der Waals surface area contributed by atoms with Crippen LogP contribution in [0, 0.1) is 4.77 Å². The van der Waals surface area contributed by atoms with Crippen LogP contribution in [-0.4, -0.2) is 23.2 Å². The minimum absolute atomic E-state index is 0.586. The van der Waals surface area contributed by atoms with Crippen LogP contribution in [0.1, 0.15) is 5.56 Å². The predicted octanol–water partition coefficient (Wildman–Crippen LogP) is 4.18. The summed E-state index contributed by atoms with van der Waals surface area (Å²) in [5.74, 6) is 0.843. The number of nitrogens with zero attached hydrogens (tertiary/aromatic N) is 2. The lowest BCUT2D eigenvalue weighted by atomic mass is 10.2. The van der Waals surface area contributed by atoms with Gasteiger partial charge in [-0.15, -0.1) is 5.69 Å². The van der Waals surface area contributed by atoms with Crippen molar-refractivity contribution in [2.45, 2.75) is 6.54 Å². The second-order valence-electron chi connectivity index (χ2n) is 5.27. The molecule has 5 nitrogen and oxygen atoms in total. The summed E-state index contributed by atoms with van der Waals surface area (Å²) in [4.78, 5) is 3.12. The molecule has 124 valence electrons. The molecule has 0 radical (unpaired) electrons. The highest BCUT2D eigenvalue weighted by atomic mass is 35.5. The van der Waals surface area contributed by atoms with E-state index in [2.05, 4.69) is 32.8 Å². The molecule has 3 aromatic rings. The Bertz CT molecular complexity index is 826. The summed E-state index contributed by atoms with van der Waals surface area (Å²) in [7, 11) is 0. The van der Waals surface area contributed by atoms with Gasteiger partial charge in [0.2, 0.25) is 0 Å². The van der Waals surface area contributed by atoms with Gasteiger partial charge in [0.1, 0.15) is 6.54 Å². The lowest BCUT2D eigenvalue weighted by Crippen LogP contribution is -2.39. The van der Waals surface area contributed by atoms with E-state index in [1.54, 1.807) is 0 Å². The normalized spacial score (nSPS) is 10.5. The summed E-state index contributed by atoms with van der Waals surface area (Å²) in [6, 6.07) is 17.7. The Morgan fingerprint density at radius 3 is 2.58 bits per heavy atom. The zero-order valence-corrected chi connectivity index (χ0v) is 14.6. The Hall–Kier alpha value is -2.31. The van der Waals surface area contributed by atoms with Gasteiger partial charge < -0.3 is 5.32 Å². The highest BCUT2D eigenvalue weighted by Gasteiger charge is 2.10. The summed E-state index contributed by atoms with van der Waals surface area (Å²) in [6.45, 7) is 2.06. The van der Waals surface area contributed by atoms with Crippen LogP contribution in [0.15, 0.2) is 54.6 Å². The van der Waals surface area contributed by atoms with Gasteiger partial charge in [-0.2, -0.15) is 4.68 Å².